The Morgan fingerprint density at radius 1 is 0.966 bits per heavy atom. The molecule has 0 fully saturated rings. The highest BCUT2D eigenvalue weighted by atomic mass is 16.5. The number of hydrogen-bond donors (Lipinski definition) is 1. The first-order valence-corrected chi connectivity index (χ1v) is 9.39. The smallest absolute Gasteiger partial charge is 0.251 e. The molecule has 0 aliphatic heterocycles. The Labute approximate surface area is 170 Å². The van der Waals surface area contributed by atoms with Crippen molar-refractivity contribution >= 4 is 5.91 Å². The van der Waals surface area contributed by atoms with E-state index in [1.807, 2.05) is 43.3 Å². The van der Waals surface area contributed by atoms with Crippen LogP contribution in [0, 0.1) is 0 Å². The van der Waals surface area contributed by atoms with E-state index in [4.69, 9.17) is 14.2 Å². The zero-order valence-electron chi connectivity index (χ0n) is 16.6. The van der Waals surface area contributed by atoms with E-state index in [0.29, 0.717) is 36.8 Å². The second-order valence-corrected chi connectivity index (χ2v) is 6.27. The van der Waals surface area contributed by atoms with Gasteiger partial charge >= 0.3 is 0 Å². The Morgan fingerprint density at radius 2 is 1.79 bits per heavy atom. The summed E-state index contributed by atoms with van der Waals surface area (Å²) in [5.41, 5.74) is 2.47. The molecule has 0 saturated carbocycles. The van der Waals surface area contributed by atoms with E-state index in [1.165, 1.54) is 0 Å². The number of carbonyl (C=O) groups is 1. The molecule has 2 aromatic carbocycles. The summed E-state index contributed by atoms with van der Waals surface area (Å²) >= 11 is 0. The van der Waals surface area contributed by atoms with Gasteiger partial charge in [0.25, 0.3) is 5.91 Å². The highest BCUT2D eigenvalue weighted by Crippen LogP contribution is 2.29. The summed E-state index contributed by atoms with van der Waals surface area (Å²) in [6.07, 6.45) is 3.44. The van der Waals surface area contributed by atoms with Crippen LogP contribution in [0.15, 0.2) is 67.0 Å². The zero-order chi connectivity index (χ0) is 20.5. The number of amides is 1. The minimum absolute atomic E-state index is 0.186. The maximum absolute atomic E-state index is 12.6. The van der Waals surface area contributed by atoms with Gasteiger partial charge in [0, 0.05) is 24.5 Å². The van der Waals surface area contributed by atoms with Crippen molar-refractivity contribution in [2.75, 3.05) is 13.7 Å². The van der Waals surface area contributed by atoms with Gasteiger partial charge in [-0.3, -0.25) is 9.78 Å². The lowest BCUT2D eigenvalue weighted by Gasteiger charge is -2.14. The number of carbonyl (C=O) groups excluding carboxylic acids is 1. The summed E-state index contributed by atoms with van der Waals surface area (Å²) in [5.74, 6) is 1.70. The molecule has 0 bridgehead atoms. The monoisotopic (exact) mass is 392 g/mol. The van der Waals surface area contributed by atoms with Crippen molar-refractivity contribution in [2.24, 2.45) is 0 Å². The second-order valence-electron chi connectivity index (χ2n) is 6.27. The molecular formula is C23H24N2O4. The van der Waals surface area contributed by atoms with Crippen molar-refractivity contribution < 1.29 is 19.0 Å². The highest BCUT2D eigenvalue weighted by molar-refractivity contribution is 5.94. The van der Waals surface area contributed by atoms with Gasteiger partial charge in [-0.25, -0.2) is 0 Å². The highest BCUT2D eigenvalue weighted by Gasteiger charge is 2.12. The normalized spacial score (nSPS) is 10.3. The molecule has 6 heteroatoms. The molecule has 1 N–H and O–H groups in total. The molecule has 0 spiro atoms. The average Bonchev–Trinajstić information content (AvgIpc) is 2.77. The van der Waals surface area contributed by atoms with Gasteiger partial charge in [0.05, 0.1) is 13.7 Å². The molecule has 1 heterocycles. The van der Waals surface area contributed by atoms with Crippen molar-refractivity contribution in [2.45, 2.75) is 20.1 Å². The minimum Gasteiger partial charge on any atom is -0.497 e. The predicted molar refractivity (Wildman–Crippen MR) is 110 cm³/mol. The first-order valence-electron chi connectivity index (χ1n) is 9.39. The SMILES string of the molecule is CCOc1cc(C(=O)NCc2cccc(OC)c2)ccc1OCc1ccncc1. The van der Waals surface area contributed by atoms with E-state index in [0.717, 1.165) is 16.9 Å². The molecule has 6 nitrogen and oxygen atoms in total. The molecule has 1 amide bonds. The van der Waals surface area contributed by atoms with Crippen LogP contribution >= 0.6 is 0 Å². The number of ether oxygens (including phenoxy) is 3. The molecule has 0 atom stereocenters. The summed E-state index contributed by atoms with van der Waals surface area (Å²) in [4.78, 5) is 16.6. The molecule has 3 rings (SSSR count). The number of aromatic nitrogens is 1. The third-order valence-corrected chi connectivity index (χ3v) is 4.24. The van der Waals surface area contributed by atoms with Crippen LogP contribution in [0.4, 0.5) is 0 Å². The Hall–Kier alpha value is -3.54. The average molecular weight is 392 g/mol. The molecule has 0 unspecified atom stereocenters. The zero-order valence-corrected chi connectivity index (χ0v) is 16.6. The molecule has 0 aliphatic rings. The van der Waals surface area contributed by atoms with Gasteiger partial charge in [-0.05, 0) is 60.5 Å². The number of rotatable bonds is 9. The van der Waals surface area contributed by atoms with E-state index in [2.05, 4.69) is 10.3 Å². The molecule has 3 aromatic rings. The van der Waals surface area contributed by atoms with Gasteiger partial charge < -0.3 is 19.5 Å². The Balaban J connectivity index is 1.66. The fourth-order valence-electron chi connectivity index (χ4n) is 2.74. The fourth-order valence-corrected chi connectivity index (χ4v) is 2.74. The van der Waals surface area contributed by atoms with E-state index in [-0.39, 0.29) is 5.91 Å². The van der Waals surface area contributed by atoms with Gasteiger partial charge in [-0.1, -0.05) is 12.1 Å². The third kappa shape index (κ3) is 5.72. The maximum Gasteiger partial charge on any atom is 0.251 e. The van der Waals surface area contributed by atoms with E-state index >= 15 is 0 Å². The third-order valence-electron chi connectivity index (χ3n) is 4.24. The number of pyridine rings is 1. The van der Waals surface area contributed by atoms with Gasteiger partial charge in [0.15, 0.2) is 11.5 Å². The lowest BCUT2D eigenvalue weighted by molar-refractivity contribution is 0.0950. The Kier molecular flexibility index (Phi) is 7.05. The van der Waals surface area contributed by atoms with Gasteiger partial charge in [0.1, 0.15) is 12.4 Å². The molecule has 0 saturated heterocycles. The van der Waals surface area contributed by atoms with Gasteiger partial charge in [0.2, 0.25) is 0 Å². The van der Waals surface area contributed by atoms with Gasteiger partial charge in [-0.2, -0.15) is 0 Å². The largest absolute Gasteiger partial charge is 0.497 e. The van der Waals surface area contributed by atoms with Crippen LogP contribution in [0.1, 0.15) is 28.4 Å². The number of hydrogen-bond acceptors (Lipinski definition) is 5. The lowest BCUT2D eigenvalue weighted by atomic mass is 10.1. The molecule has 0 radical (unpaired) electrons. The van der Waals surface area contributed by atoms with Crippen molar-refractivity contribution in [3.05, 3.63) is 83.7 Å². The summed E-state index contributed by atoms with van der Waals surface area (Å²) < 4.78 is 16.8. The van der Waals surface area contributed by atoms with Crippen LogP contribution in [-0.2, 0) is 13.2 Å². The number of methoxy groups -OCH3 is 1. The number of nitrogens with zero attached hydrogens (tertiary/aromatic N) is 1. The standard InChI is InChI=1S/C23H24N2O4/c1-3-28-22-14-19(7-8-21(22)29-16-17-9-11-24-12-10-17)23(26)25-15-18-5-4-6-20(13-18)27-2/h4-14H,3,15-16H2,1-2H3,(H,25,26). The molecule has 29 heavy (non-hydrogen) atoms. The van der Waals surface area contributed by atoms with Crippen molar-refractivity contribution in [1.82, 2.24) is 10.3 Å². The minimum atomic E-state index is -0.186. The van der Waals surface area contributed by atoms with Crippen LogP contribution < -0.4 is 19.5 Å². The van der Waals surface area contributed by atoms with Crippen LogP contribution in [0.3, 0.4) is 0 Å². The van der Waals surface area contributed by atoms with Crippen LogP contribution in [0.5, 0.6) is 17.2 Å². The van der Waals surface area contributed by atoms with Crippen LogP contribution in [-0.4, -0.2) is 24.6 Å². The maximum atomic E-state index is 12.6. The lowest BCUT2D eigenvalue weighted by Crippen LogP contribution is -2.22. The summed E-state index contributed by atoms with van der Waals surface area (Å²) in [7, 11) is 1.62. The van der Waals surface area contributed by atoms with E-state index < -0.39 is 0 Å². The molecule has 150 valence electrons. The summed E-state index contributed by atoms with van der Waals surface area (Å²) in [5, 5.41) is 2.92. The first kappa shape index (κ1) is 20.2. The summed E-state index contributed by atoms with van der Waals surface area (Å²) in [6.45, 7) is 3.16. The fraction of sp³-hybridized carbons (Fsp3) is 0.217. The Bertz CT molecular complexity index is 945. The first-order chi connectivity index (χ1) is 14.2. The van der Waals surface area contributed by atoms with Crippen molar-refractivity contribution in [1.29, 1.82) is 0 Å². The molecule has 1 aromatic heterocycles. The Morgan fingerprint density at radius 3 is 2.55 bits per heavy atom. The second kappa shape index (κ2) is 10.1. The predicted octanol–water partition coefficient (Wildman–Crippen LogP) is 4.00. The number of nitrogens with one attached hydrogen (secondary N) is 1. The molecule has 0 aliphatic carbocycles. The summed E-state index contributed by atoms with van der Waals surface area (Å²) in [6, 6.07) is 16.5. The molecular weight excluding hydrogens is 368 g/mol. The van der Waals surface area contributed by atoms with E-state index in [1.54, 1.807) is 37.7 Å². The topological polar surface area (TPSA) is 69.7 Å². The van der Waals surface area contributed by atoms with Crippen molar-refractivity contribution in [3.63, 3.8) is 0 Å². The van der Waals surface area contributed by atoms with Crippen molar-refractivity contribution in [3.8, 4) is 17.2 Å². The number of benzene rings is 2. The van der Waals surface area contributed by atoms with Crippen LogP contribution in [0.25, 0.3) is 0 Å². The van der Waals surface area contributed by atoms with Crippen LogP contribution in [0.2, 0.25) is 0 Å². The quantitative estimate of drug-likeness (QED) is 0.596. The van der Waals surface area contributed by atoms with E-state index in [9.17, 15) is 4.79 Å². The van der Waals surface area contributed by atoms with Gasteiger partial charge in [-0.15, -0.1) is 0 Å².